The summed E-state index contributed by atoms with van der Waals surface area (Å²) in [6.07, 6.45) is 66.8. The normalized spacial score (nSPS) is 18.0. The van der Waals surface area contributed by atoms with E-state index in [9.17, 15) is 34.5 Å². The maximum atomic E-state index is 13.2. The maximum Gasteiger partial charge on any atom is 0.335 e. The van der Waals surface area contributed by atoms with E-state index in [2.05, 4.69) is 106 Å². The summed E-state index contributed by atoms with van der Waals surface area (Å²) < 4.78 is 28.6. The molecule has 6 unspecified atom stereocenters. The third kappa shape index (κ3) is 49.6. The number of carboxylic acids is 1. The van der Waals surface area contributed by atoms with E-state index in [0.717, 1.165) is 122 Å². The lowest BCUT2D eigenvalue weighted by Crippen LogP contribution is -2.61. The van der Waals surface area contributed by atoms with E-state index in [-0.39, 0.29) is 25.9 Å². The van der Waals surface area contributed by atoms with E-state index in [4.69, 9.17) is 23.7 Å². The molecule has 3 N–H and O–H groups in total. The fraction of sp³-hybridized carbons (Fsp3) is 0.753. The minimum absolute atomic E-state index is 0.0296. The van der Waals surface area contributed by atoms with Gasteiger partial charge in [-0.05, 0) is 96.3 Å². The Morgan fingerprint density at radius 2 is 0.741 bits per heavy atom. The van der Waals surface area contributed by atoms with Crippen LogP contribution >= 0.6 is 0 Å². The maximum absolute atomic E-state index is 13.2. The zero-order valence-electron chi connectivity index (χ0n) is 54.1. The van der Waals surface area contributed by atoms with Gasteiger partial charge in [0.1, 0.15) is 18.8 Å². The summed E-state index contributed by atoms with van der Waals surface area (Å²) in [5.74, 6) is -3.15. The number of aliphatic hydroxyl groups is 2. The molecule has 0 amide bonds. The number of ether oxygens (including phenoxy) is 5. The predicted octanol–water partition coefficient (Wildman–Crippen LogP) is 19.0. The number of carbonyl (C=O) groups excluding carboxylic acids is 3. The zero-order chi connectivity index (χ0) is 61.7. The Labute approximate surface area is 518 Å². The number of hydrogen-bond donors (Lipinski definition) is 3. The summed E-state index contributed by atoms with van der Waals surface area (Å²) in [6.45, 7) is 5.88. The van der Waals surface area contributed by atoms with E-state index in [1.807, 2.05) is 0 Å². The van der Waals surface area contributed by atoms with Gasteiger partial charge in [0.25, 0.3) is 0 Å². The third-order valence-electron chi connectivity index (χ3n) is 15.5. The molecule has 12 heteroatoms. The lowest BCUT2D eigenvalue weighted by atomic mass is 9.98. The molecule has 488 valence electrons. The Morgan fingerprint density at radius 1 is 0.400 bits per heavy atom. The van der Waals surface area contributed by atoms with Crippen molar-refractivity contribution < 1.29 is 58.2 Å². The Hall–Kier alpha value is -4.10. The van der Waals surface area contributed by atoms with Gasteiger partial charge in [0.05, 0.1) is 6.61 Å². The molecular formula is C73H124O12. The average Bonchev–Trinajstić information content (AvgIpc) is 2.83. The SMILES string of the molecule is CC/C=C\C/C=C\C/C=C\C/C=C\CCCCCCC(=O)OC1C(OCC(COC(=O)CCCCCCCC/C=C\C/C=C\C/C=C\CCCCC)OC(=O)CCCCCCCCCCCCCCCCCCCCC)OC(C(=O)O)C(O)C1O. The van der Waals surface area contributed by atoms with E-state index < -0.39 is 67.3 Å². The van der Waals surface area contributed by atoms with Gasteiger partial charge >= 0.3 is 23.9 Å². The van der Waals surface area contributed by atoms with Crippen molar-refractivity contribution in [2.24, 2.45) is 0 Å². The van der Waals surface area contributed by atoms with Crippen molar-refractivity contribution in [2.45, 2.75) is 340 Å². The molecule has 0 spiro atoms. The first-order valence-electron chi connectivity index (χ1n) is 34.6. The summed E-state index contributed by atoms with van der Waals surface area (Å²) in [6, 6.07) is 0. The highest BCUT2D eigenvalue weighted by Crippen LogP contribution is 2.27. The highest BCUT2D eigenvalue weighted by Gasteiger charge is 2.50. The Bertz CT molecular complexity index is 1800. The molecule has 0 aliphatic carbocycles. The van der Waals surface area contributed by atoms with Crippen molar-refractivity contribution in [2.75, 3.05) is 13.2 Å². The predicted molar refractivity (Wildman–Crippen MR) is 349 cm³/mol. The van der Waals surface area contributed by atoms with E-state index in [0.29, 0.717) is 19.3 Å². The highest BCUT2D eigenvalue weighted by atomic mass is 16.7. The zero-order valence-corrected chi connectivity index (χ0v) is 54.1. The molecule has 0 aromatic carbocycles. The van der Waals surface area contributed by atoms with Gasteiger partial charge in [0, 0.05) is 19.3 Å². The lowest BCUT2D eigenvalue weighted by molar-refractivity contribution is -0.301. The van der Waals surface area contributed by atoms with Crippen LogP contribution in [0.15, 0.2) is 85.1 Å². The Kier molecular flexibility index (Phi) is 55.9. The molecule has 6 atom stereocenters. The van der Waals surface area contributed by atoms with Crippen LogP contribution in [0.4, 0.5) is 0 Å². The average molecular weight is 1190 g/mol. The molecule has 1 heterocycles. The number of esters is 3. The quantitative estimate of drug-likeness (QED) is 0.0228. The topological polar surface area (TPSA) is 175 Å². The molecule has 1 saturated heterocycles. The molecule has 1 fully saturated rings. The monoisotopic (exact) mass is 1190 g/mol. The van der Waals surface area contributed by atoms with Crippen molar-refractivity contribution in [3.05, 3.63) is 85.1 Å². The first-order chi connectivity index (χ1) is 41.6. The van der Waals surface area contributed by atoms with Gasteiger partial charge in [-0.15, -0.1) is 0 Å². The van der Waals surface area contributed by atoms with E-state index >= 15 is 0 Å². The molecule has 1 aliphatic heterocycles. The largest absolute Gasteiger partial charge is 0.479 e. The van der Waals surface area contributed by atoms with Gasteiger partial charge in [-0.25, -0.2) is 4.79 Å². The molecule has 0 aromatic rings. The number of carboxylic acid groups (broad SMARTS) is 1. The number of carbonyl (C=O) groups is 4. The first kappa shape index (κ1) is 78.9. The van der Waals surface area contributed by atoms with E-state index in [1.165, 1.54) is 122 Å². The van der Waals surface area contributed by atoms with Gasteiger partial charge in [0.2, 0.25) is 0 Å². The second-order valence-corrected chi connectivity index (χ2v) is 23.4. The summed E-state index contributed by atoms with van der Waals surface area (Å²) in [4.78, 5) is 51.5. The molecule has 0 bridgehead atoms. The van der Waals surface area contributed by atoms with Crippen LogP contribution in [0.1, 0.15) is 303 Å². The van der Waals surface area contributed by atoms with Crippen LogP contribution in [0.2, 0.25) is 0 Å². The van der Waals surface area contributed by atoms with Crippen LogP contribution in [0.5, 0.6) is 0 Å². The van der Waals surface area contributed by atoms with Gasteiger partial charge in [-0.3, -0.25) is 14.4 Å². The van der Waals surface area contributed by atoms with Crippen LogP contribution in [0.3, 0.4) is 0 Å². The second kappa shape index (κ2) is 60.2. The van der Waals surface area contributed by atoms with Gasteiger partial charge in [-0.2, -0.15) is 0 Å². The van der Waals surface area contributed by atoms with Crippen molar-refractivity contribution in [3.63, 3.8) is 0 Å². The van der Waals surface area contributed by atoms with Crippen molar-refractivity contribution >= 4 is 23.9 Å². The van der Waals surface area contributed by atoms with Gasteiger partial charge in [0.15, 0.2) is 24.6 Å². The molecule has 1 rings (SSSR count). The number of unbranched alkanes of at least 4 members (excludes halogenated alkanes) is 31. The summed E-state index contributed by atoms with van der Waals surface area (Å²) in [5.41, 5.74) is 0. The summed E-state index contributed by atoms with van der Waals surface area (Å²) in [5, 5.41) is 31.6. The molecule has 1 aliphatic rings. The van der Waals surface area contributed by atoms with Gasteiger partial charge < -0.3 is 39.0 Å². The van der Waals surface area contributed by atoms with Crippen molar-refractivity contribution in [1.29, 1.82) is 0 Å². The minimum atomic E-state index is -1.92. The number of aliphatic carboxylic acids is 1. The van der Waals surface area contributed by atoms with Crippen LogP contribution in [-0.4, -0.2) is 89.2 Å². The van der Waals surface area contributed by atoms with Crippen LogP contribution in [0.25, 0.3) is 0 Å². The molecule has 12 nitrogen and oxygen atoms in total. The third-order valence-corrected chi connectivity index (χ3v) is 15.5. The molecule has 0 radical (unpaired) electrons. The number of rotatable bonds is 59. The van der Waals surface area contributed by atoms with Crippen LogP contribution in [-0.2, 0) is 42.9 Å². The van der Waals surface area contributed by atoms with Crippen LogP contribution < -0.4 is 0 Å². The minimum Gasteiger partial charge on any atom is -0.479 e. The van der Waals surface area contributed by atoms with Crippen molar-refractivity contribution in [1.82, 2.24) is 0 Å². The smallest absolute Gasteiger partial charge is 0.335 e. The highest BCUT2D eigenvalue weighted by molar-refractivity contribution is 5.74. The Balaban J connectivity index is 2.66. The number of allylic oxidation sites excluding steroid dienone is 14. The molecule has 85 heavy (non-hydrogen) atoms. The fourth-order valence-electron chi connectivity index (χ4n) is 10.2. The second-order valence-electron chi connectivity index (χ2n) is 23.4. The summed E-state index contributed by atoms with van der Waals surface area (Å²) in [7, 11) is 0. The number of aliphatic hydroxyl groups excluding tert-OH is 2. The van der Waals surface area contributed by atoms with Gasteiger partial charge in [-0.1, -0.05) is 273 Å². The molecular weight excluding hydrogens is 1070 g/mol. The molecule has 0 aromatic heterocycles. The first-order valence-corrected chi connectivity index (χ1v) is 34.6. The summed E-state index contributed by atoms with van der Waals surface area (Å²) >= 11 is 0. The standard InChI is InChI=1S/C73H124O12/c1-4-7-10-13-16-19-22-25-28-31-33-36-38-41-44-47-50-53-56-59-65(74)81-62-64(83-66(75)60-57-54-51-48-45-42-40-37-34-32-29-26-23-20-17-14-11-8-5-2)63-82-73-71(69(78)68(77)70(85-73)72(79)80)84-67(76)61-58-55-52-49-46-43-39-35-30-27-24-21-18-15-12-9-6-3/h9,12,16,18-19,21,25,27-28,30,33,36,39,43,64,68-71,73,77-78H,4-8,10-11,13-15,17,20,22-24,26,29,31-32,34-35,37-38,40-42,44-63H2,1-3H3,(H,79,80)/b12-9-,19-16-,21-18-,28-25-,30-27-,36-33-,43-39-. The number of hydrogen-bond acceptors (Lipinski definition) is 11. The van der Waals surface area contributed by atoms with Crippen molar-refractivity contribution in [3.8, 4) is 0 Å². The molecule has 0 saturated carbocycles. The lowest BCUT2D eigenvalue weighted by Gasteiger charge is -2.40. The fourth-order valence-corrected chi connectivity index (χ4v) is 10.2. The Morgan fingerprint density at radius 3 is 1.15 bits per heavy atom. The van der Waals surface area contributed by atoms with E-state index in [1.54, 1.807) is 0 Å². The van der Waals surface area contributed by atoms with Crippen LogP contribution in [0, 0.1) is 0 Å².